The monoisotopic (exact) mass is 524 g/mol. The van der Waals surface area contributed by atoms with Crippen molar-refractivity contribution in [3.05, 3.63) is 41.0 Å². The highest BCUT2D eigenvalue weighted by molar-refractivity contribution is 7.89. The highest BCUT2D eigenvalue weighted by atomic mass is 32.2. The van der Waals surface area contributed by atoms with Crippen LogP contribution in [0.1, 0.15) is 46.5 Å². The van der Waals surface area contributed by atoms with Gasteiger partial charge in [0.05, 0.1) is 6.54 Å². The van der Waals surface area contributed by atoms with Crippen molar-refractivity contribution in [2.75, 3.05) is 18.0 Å². The lowest BCUT2D eigenvalue weighted by Gasteiger charge is -2.24. The number of hydrogen-bond acceptors (Lipinski definition) is 7. The minimum atomic E-state index is -5.00. The van der Waals surface area contributed by atoms with Crippen molar-refractivity contribution >= 4 is 44.7 Å². The molecule has 0 aliphatic carbocycles. The van der Waals surface area contributed by atoms with E-state index in [4.69, 9.17) is 13.1 Å². The van der Waals surface area contributed by atoms with E-state index >= 15 is 0 Å². The van der Waals surface area contributed by atoms with Crippen LogP contribution in [0.3, 0.4) is 0 Å². The first-order chi connectivity index (χ1) is 17.3. The number of nitrogens with zero attached hydrogens (tertiary/aromatic N) is 8. The van der Waals surface area contributed by atoms with Gasteiger partial charge in [-0.05, 0) is 42.0 Å². The Morgan fingerprint density at radius 2 is 1.81 bits per heavy atom. The Morgan fingerprint density at radius 1 is 1.11 bits per heavy atom. The molecule has 1 aromatic heterocycles. The predicted octanol–water partition coefficient (Wildman–Crippen LogP) is 7.96. The minimum Gasteiger partial charge on any atom is -0.373 e. The normalized spacial score (nSPS) is 12.9. The van der Waals surface area contributed by atoms with Crippen molar-refractivity contribution in [3.63, 3.8) is 0 Å². The first-order valence-electron chi connectivity index (χ1n) is 11.3. The van der Waals surface area contributed by atoms with Crippen molar-refractivity contribution < 1.29 is 21.9 Å². The van der Waals surface area contributed by atoms with E-state index in [0.29, 0.717) is 31.7 Å². The number of unbranched alkanes of at least 4 members (excludes halogenated alkanes) is 1. The first-order valence-corrected chi connectivity index (χ1v) is 12.8. The summed E-state index contributed by atoms with van der Waals surface area (Å²) in [5.41, 5.74) is 0.163. The Morgan fingerprint density at radius 3 is 2.33 bits per heavy atom. The molecule has 0 spiro atoms. The fourth-order valence-corrected chi connectivity index (χ4v) is 3.88. The molecule has 0 N–H and O–H groups in total. The number of rotatable bonds is 13. The molecule has 10 nitrogen and oxygen atoms in total. The van der Waals surface area contributed by atoms with Crippen molar-refractivity contribution in [1.82, 2.24) is 9.55 Å². The molecule has 0 saturated carbocycles. The summed E-state index contributed by atoms with van der Waals surface area (Å²) in [4.78, 5) is 12.6. The smallest absolute Gasteiger partial charge is 0.373 e. The van der Waals surface area contributed by atoms with Crippen LogP contribution in [0.4, 0.5) is 48.0 Å². The fraction of sp³-hybridized carbons (Fsp3) is 0.500. The standard InChI is InChI=1S/C22H27F3N8O2S/c1-6-9-14-33-20(27-5)19(26-4)28-22(33)30-29-17-11-10-16(32(12-7-2)13-8-3)15-18(17)31-36(34,35-25)21(23)24/h10-11,15,21H,6-9,12-14H2,1-3H3. The van der Waals surface area contributed by atoms with E-state index in [9.17, 15) is 17.5 Å². The molecule has 0 radical (unpaired) electrons. The number of hydrogen-bond donors (Lipinski definition) is 0. The van der Waals surface area contributed by atoms with Gasteiger partial charge in [-0.25, -0.2) is 8.78 Å². The Kier molecular flexibility index (Phi) is 10.8. The second-order valence-corrected chi connectivity index (χ2v) is 9.27. The zero-order valence-corrected chi connectivity index (χ0v) is 21.0. The maximum atomic E-state index is 13.3. The molecular weight excluding hydrogens is 497 g/mol. The van der Waals surface area contributed by atoms with Crippen LogP contribution in [0, 0.1) is 13.1 Å². The highest BCUT2D eigenvalue weighted by Crippen LogP contribution is 2.38. The molecular formula is C22H27F3N8O2S. The Hall–Kier alpha value is -3.49. The van der Waals surface area contributed by atoms with Crippen LogP contribution >= 0.6 is 0 Å². The van der Waals surface area contributed by atoms with E-state index in [0.717, 1.165) is 19.3 Å². The Bertz CT molecular complexity index is 1270. The molecule has 0 fully saturated rings. The van der Waals surface area contributed by atoms with Gasteiger partial charge in [0, 0.05) is 18.8 Å². The third kappa shape index (κ3) is 6.80. The zero-order chi connectivity index (χ0) is 26.7. The molecule has 1 aromatic carbocycles. The summed E-state index contributed by atoms with van der Waals surface area (Å²) in [5, 5.41) is 8.03. The molecule has 2 rings (SSSR count). The molecule has 36 heavy (non-hydrogen) atoms. The van der Waals surface area contributed by atoms with Crippen LogP contribution in [0.2, 0.25) is 0 Å². The van der Waals surface area contributed by atoms with Gasteiger partial charge in [-0.1, -0.05) is 54.8 Å². The van der Waals surface area contributed by atoms with Gasteiger partial charge in [0.15, 0.2) is 0 Å². The lowest BCUT2D eigenvalue weighted by Crippen LogP contribution is -2.24. The number of alkyl halides is 2. The number of aromatic nitrogens is 2. The van der Waals surface area contributed by atoms with Crippen LogP contribution in [-0.2, 0) is 20.9 Å². The number of benzene rings is 1. The van der Waals surface area contributed by atoms with Crippen molar-refractivity contribution in [2.24, 2.45) is 14.6 Å². The second kappa shape index (κ2) is 13.6. The minimum absolute atomic E-state index is 0.00832. The van der Waals surface area contributed by atoms with Gasteiger partial charge in [0.25, 0.3) is 21.6 Å². The number of anilines is 1. The van der Waals surface area contributed by atoms with E-state index in [1.54, 1.807) is 6.07 Å². The van der Waals surface area contributed by atoms with Gasteiger partial charge in [0.1, 0.15) is 11.4 Å². The molecule has 1 heterocycles. The quantitative estimate of drug-likeness (QED) is 0.196. The van der Waals surface area contributed by atoms with Crippen molar-refractivity contribution in [2.45, 2.75) is 58.8 Å². The Balaban J connectivity index is 2.68. The molecule has 0 aliphatic rings. The van der Waals surface area contributed by atoms with E-state index in [2.05, 4.69) is 33.7 Å². The van der Waals surface area contributed by atoms with Gasteiger partial charge in [-0.3, -0.25) is 0 Å². The molecule has 0 bridgehead atoms. The van der Waals surface area contributed by atoms with Crippen molar-refractivity contribution in [1.29, 1.82) is 0 Å². The largest absolute Gasteiger partial charge is 0.416 e. The summed E-state index contributed by atoms with van der Waals surface area (Å²) < 4.78 is 59.5. The van der Waals surface area contributed by atoms with Gasteiger partial charge in [0.2, 0.25) is 0 Å². The fourth-order valence-electron chi connectivity index (χ4n) is 3.30. The highest BCUT2D eigenvalue weighted by Gasteiger charge is 2.26. The summed E-state index contributed by atoms with van der Waals surface area (Å²) in [5.74, 6) is -3.88. The third-order valence-corrected chi connectivity index (χ3v) is 6.03. The predicted molar refractivity (Wildman–Crippen MR) is 131 cm³/mol. The van der Waals surface area contributed by atoms with Crippen LogP contribution in [0.25, 0.3) is 9.69 Å². The number of halogens is 3. The number of imidazole rings is 1. The van der Waals surface area contributed by atoms with Gasteiger partial charge < -0.3 is 14.6 Å². The SMILES string of the molecule is [C-]#[N+]c1nc(N=Nc2ccc(N(CCC)CCC)cc2N=S(=O)(OF)C(F)F)n(CCCC)c1[N+]#[C-]. The third-order valence-electron chi connectivity index (χ3n) is 4.95. The van der Waals surface area contributed by atoms with Crippen molar-refractivity contribution in [3.8, 4) is 0 Å². The van der Waals surface area contributed by atoms with E-state index < -0.39 is 15.8 Å². The molecule has 0 amide bonds. The summed E-state index contributed by atoms with van der Waals surface area (Å²) in [6.07, 6.45) is 3.11. The van der Waals surface area contributed by atoms with Crippen LogP contribution < -0.4 is 4.90 Å². The maximum absolute atomic E-state index is 13.3. The van der Waals surface area contributed by atoms with Gasteiger partial charge in [-0.15, -0.1) is 5.11 Å². The lowest BCUT2D eigenvalue weighted by atomic mass is 10.2. The van der Waals surface area contributed by atoms with E-state index in [-0.39, 0.29) is 29.0 Å². The molecule has 0 saturated heterocycles. The lowest BCUT2D eigenvalue weighted by molar-refractivity contribution is -0.000950. The summed E-state index contributed by atoms with van der Waals surface area (Å²) in [6, 6.07) is 4.45. The molecule has 1 unspecified atom stereocenters. The molecule has 1 atom stereocenters. The van der Waals surface area contributed by atoms with Gasteiger partial charge >= 0.3 is 11.7 Å². The Labute approximate surface area is 208 Å². The average molecular weight is 525 g/mol. The zero-order valence-electron chi connectivity index (χ0n) is 20.2. The van der Waals surface area contributed by atoms with Gasteiger partial charge in [-0.2, -0.15) is 13.1 Å². The summed E-state index contributed by atoms with van der Waals surface area (Å²) in [7, 11) is -5.00. The maximum Gasteiger partial charge on any atom is 0.416 e. The number of azo groups is 1. The molecule has 2 aromatic rings. The van der Waals surface area contributed by atoms with Crippen LogP contribution in [0.15, 0.2) is 32.8 Å². The van der Waals surface area contributed by atoms with Crippen LogP contribution in [0.5, 0.6) is 0 Å². The van der Waals surface area contributed by atoms with Crippen LogP contribution in [-0.4, -0.2) is 32.6 Å². The molecule has 14 heteroatoms. The van der Waals surface area contributed by atoms with E-state index in [1.165, 1.54) is 16.7 Å². The average Bonchev–Trinajstić information content (AvgIpc) is 3.22. The second-order valence-electron chi connectivity index (χ2n) is 7.58. The molecule has 0 aliphatic heterocycles. The first kappa shape index (κ1) is 28.7. The summed E-state index contributed by atoms with van der Waals surface area (Å²) in [6.45, 7) is 22.2. The van der Waals surface area contributed by atoms with E-state index in [1.807, 2.05) is 25.7 Å². The topological polar surface area (TPSA) is 93.2 Å². The molecule has 194 valence electrons. The summed E-state index contributed by atoms with van der Waals surface area (Å²) >= 11 is 0.